The van der Waals surface area contributed by atoms with Crippen molar-refractivity contribution in [2.75, 3.05) is 0 Å². The van der Waals surface area contributed by atoms with E-state index in [1.165, 1.54) is 0 Å². The number of aryl methyl sites for hydroxylation is 1. The van der Waals surface area contributed by atoms with Crippen molar-refractivity contribution in [2.24, 2.45) is 0 Å². The Morgan fingerprint density at radius 3 is 2.76 bits per heavy atom. The summed E-state index contributed by atoms with van der Waals surface area (Å²) in [7, 11) is 0. The molecule has 0 atom stereocenters. The first kappa shape index (κ1) is 18.8. The largest absolute Gasteiger partial charge is 0.347 e. The molecule has 0 aliphatic heterocycles. The van der Waals surface area contributed by atoms with E-state index in [0.29, 0.717) is 12.2 Å². The number of nitrogens with zero attached hydrogens (tertiary/aromatic N) is 6. The van der Waals surface area contributed by atoms with E-state index >= 15 is 0 Å². The lowest BCUT2D eigenvalue weighted by atomic mass is 10.0. The molecule has 3 aromatic heterocycles. The lowest BCUT2D eigenvalue weighted by molar-refractivity contribution is 0.0946. The van der Waals surface area contributed by atoms with E-state index < -0.39 is 0 Å². The molecule has 0 spiro atoms. The van der Waals surface area contributed by atoms with Crippen molar-refractivity contribution in [3.05, 3.63) is 65.9 Å². The van der Waals surface area contributed by atoms with Crippen LogP contribution in [0.1, 0.15) is 42.4 Å². The van der Waals surface area contributed by atoms with E-state index in [-0.39, 0.29) is 11.4 Å². The number of carbonyl (C=O) groups excluding carboxylic acids is 1. The summed E-state index contributed by atoms with van der Waals surface area (Å²) in [4.78, 5) is 16.9. The molecular weight excluding hydrogens is 366 g/mol. The number of amides is 1. The van der Waals surface area contributed by atoms with Crippen LogP contribution in [0, 0.1) is 6.92 Å². The fraction of sp³-hybridized carbons (Fsp3) is 0.286. The van der Waals surface area contributed by atoms with Gasteiger partial charge in [0.15, 0.2) is 5.69 Å². The summed E-state index contributed by atoms with van der Waals surface area (Å²) in [5, 5.41) is 15.1. The van der Waals surface area contributed by atoms with Crippen LogP contribution in [0.25, 0.3) is 16.8 Å². The number of carbonyl (C=O) groups is 1. The van der Waals surface area contributed by atoms with Crippen molar-refractivity contribution in [3.63, 3.8) is 0 Å². The smallest absolute Gasteiger partial charge is 0.273 e. The van der Waals surface area contributed by atoms with Crippen molar-refractivity contribution in [1.29, 1.82) is 0 Å². The van der Waals surface area contributed by atoms with Gasteiger partial charge in [-0.25, -0.2) is 14.2 Å². The van der Waals surface area contributed by atoms with Gasteiger partial charge in [-0.15, -0.1) is 5.10 Å². The summed E-state index contributed by atoms with van der Waals surface area (Å²) in [6.07, 6.45) is 5.12. The molecule has 0 bridgehead atoms. The Hall–Kier alpha value is -3.55. The van der Waals surface area contributed by atoms with E-state index in [9.17, 15) is 4.79 Å². The highest BCUT2D eigenvalue weighted by Crippen LogP contribution is 2.24. The summed E-state index contributed by atoms with van der Waals surface area (Å²) in [5.74, 6) is -0.241. The SMILES string of the molecule is Cc1cc(-c2ncnn3cccc23)ccc1CNC(=O)c1cn(C(C)(C)C)nn1. The first-order valence-corrected chi connectivity index (χ1v) is 9.42. The second-order valence-electron chi connectivity index (χ2n) is 7.99. The molecule has 1 aromatic carbocycles. The highest BCUT2D eigenvalue weighted by molar-refractivity contribution is 5.91. The fourth-order valence-corrected chi connectivity index (χ4v) is 3.09. The van der Waals surface area contributed by atoms with Crippen LogP contribution in [0.2, 0.25) is 0 Å². The van der Waals surface area contributed by atoms with Crippen molar-refractivity contribution in [1.82, 2.24) is 34.9 Å². The minimum absolute atomic E-state index is 0.218. The van der Waals surface area contributed by atoms with Gasteiger partial charge in [-0.2, -0.15) is 5.10 Å². The molecule has 8 nitrogen and oxygen atoms in total. The molecule has 1 N–H and O–H groups in total. The summed E-state index contributed by atoms with van der Waals surface area (Å²) in [6.45, 7) is 8.46. The normalized spacial score (nSPS) is 11.7. The average molecular weight is 389 g/mol. The predicted molar refractivity (Wildman–Crippen MR) is 109 cm³/mol. The van der Waals surface area contributed by atoms with E-state index in [0.717, 1.165) is 27.9 Å². The third kappa shape index (κ3) is 3.73. The summed E-state index contributed by atoms with van der Waals surface area (Å²) in [6, 6.07) is 10.0. The number of rotatable bonds is 4. The number of nitrogens with one attached hydrogen (secondary N) is 1. The van der Waals surface area contributed by atoms with Crippen molar-refractivity contribution >= 4 is 11.4 Å². The van der Waals surface area contributed by atoms with Crippen LogP contribution in [-0.2, 0) is 12.1 Å². The molecule has 0 saturated heterocycles. The highest BCUT2D eigenvalue weighted by atomic mass is 16.2. The van der Waals surface area contributed by atoms with Gasteiger partial charge in [0.1, 0.15) is 6.33 Å². The van der Waals surface area contributed by atoms with Gasteiger partial charge in [-0.3, -0.25) is 4.79 Å². The van der Waals surface area contributed by atoms with Crippen molar-refractivity contribution < 1.29 is 4.79 Å². The van der Waals surface area contributed by atoms with Crippen LogP contribution in [0.5, 0.6) is 0 Å². The molecule has 0 fully saturated rings. The topological polar surface area (TPSA) is 90.0 Å². The Morgan fingerprint density at radius 1 is 1.21 bits per heavy atom. The van der Waals surface area contributed by atoms with Crippen LogP contribution < -0.4 is 5.32 Å². The Balaban J connectivity index is 1.50. The first-order chi connectivity index (χ1) is 13.8. The lowest BCUT2D eigenvalue weighted by Gasteiger charge is -2.17. The molecular formula is C21H23N7O. The zero-order valence-corrected chi connectivity index (χ0v) is 16.9. The third-order valence-electron chi connectivity index (χ3n) is 4.80. The molecule has 29 heavy (non-hydrogen) atoms. The van der Waals surface area contributed by atoms with Gasteiger partial charge in [-0.05, 0) is 57.0 Å². The van der Waals surface area contributed by atoms with Gasteiger partial charge in [0, 0.05) is 18.3 Å². The first-order valence-electron chi connectivity index (χ1n) is 9.42. The van der Waals surface area contributed by atoms with E-state index in [4.69, 9.17) is 0 Å². The van der Waals surface area contributed by atoms with Gasteiger partial charge in [0.2, 0.25) is 0 Å². The number of hydrogen-bond donors (Lipinski definition) is 1. The summed E-state index contributed by atoms with van der Waals surface area (Å²) < 4.78 is 3.49. The molecule has 0 unspecified atom stereocenters. The van der Waals surface area contributed by atoms with Gasteiger partial charge in [0.05, 0.1) is 22.9 Å². The Kier molecular flexibility index (Phi) is 4.62. The lowest BCUT2D eigenvalue weighted by Crippen LogP contribution is -2.24. The van der Waals surface area contributed by atoms with Gasteiger partial charge >= 0.3 is 0 Å². The van der Waals surface area contributed by atoms with Crippen LogP contribution in [-0.4, -0.2) is 35.5 Å². The van der Waals surface area contributed by atoms with Crippen molar-refractivity contribution in [3.8, 4) is 11.3 Å². The maximum absolute atomic E-state index is 12.4. The number of hydrogen-bond acceptors (Lipinski definition) is 5. The number of benzene rings is 1. The second kappa shape index (κ2) is 7.12. The molecule has 0 aliphatic carbocycles. The second-order valence-corrected chi connectivity index (χ2v) is 7.99. The molecule has 4 rings (SSSR count). The number of aromatic nitrogens is 6. The Morgan fingerprint density at radius 2 is 2.03 bits per heavy atom. The minimum Gasteiger partial charge on any atom is -0.347 e. The molecule has 4 aromatic rings. The molecule has 0 radical (unpaired) electrons. The summed E-state index contributed by atoms with van der Waals surface area (Å²) in [5.41, 5.74) is 5.04. The van der Waals surface area contributed by atoms with Gasteiger partial charge < -0.3 is 5.32 Å². The van der Waals surface area contributed by atoms with E-state index in [1.54, 1.807) is 21.7 Å². The molecule has 3 heterocycles. The minimum atomic E-state index is -0.241. The maximum atomic E-state index is 12.4. The zero-order valence-electron chi connectivity index (χ0n) is 16.9. The fourth-order valence-electron chi connectivity index (χ4n) is 3.09. The Bertz CT molecular complexity index is 1180. The predicted octanol–water partition coefficient (Wildman–Crippen LogP) is 2.98. The molecule has 0 aliphatic rings. The van der Waals surface area contributed by atoms with Gasteiger partial charge in [-0.1, -0.05) is 17.3 Å². The molecule has 8 heteroatoms. The average Bonchev–Trinajstić information content (AvgIpc) is 3.35. The van der Waals surface area contributed by atoms with Crippen LogP contribution in [0.3, 0.4) is 0 Å². The van der Waals surface area contributed by atoms with Crippen molar-refractivity contribution in [2.45, 2.75) is 39.8 Å². The zero-order chi connectivity index (χ0) is 20.6. The highest BCUT2D eigenvalue weighted by Gasteiger charge is 2.18. The third-order valence-corrected chi connectivity index (χ3v) is 4.80. The number of fused-ring (bicyclic) bond motifs is 1. The molecule has 148 valence electrons. The van der Waals surface area contributed by atoms with Gasteiger partial charge in [0.25, 0.3) is 5.91 Å². The quantitative estimate of drug-likeness (QED) is 0.579. The molecule has 1 amide bonds. The van der Waals surface area contributed by atoms with Crippen LogP contribution >= 0.6 is 0 Å². The van der Waals surface area contributed by atoms with Crippen LogP contribution in [0.15, 0.2) is 49.1 Å². The van der Waals surface area contributed by atoms with E-state index in [1.807, 2.05) is 58.2 Å². The standard InChI is InChI=1S/C21H23N7O/c1-14-10-15(19-18-6-5-9-27(18)24-13-23-19)7-8-16(14)11-22-20(29)17-12-28(26-25-17)21(2,3)4/h5-10,12-13H,11H2,1-4H3,(H,22,29). The summed E-state index contributed by atoms with van der Waals surface area (Å²) >= 11 is 0. The molecule has 0 saturated carbocycles. The van der Waals surface area contributed by atoms with Crippen LogP contribution in [0.4, 0.5) is 0 Å². The van der Waals surface area contributed by atoms with E-state index in [2.05, 4.69) is 31.8 Å². The maximum Gasteiger partial charge on any atom is 0.273 e. The Labute approximate surface area is 168 Å². The monoisotopic (exact) mass is 389 g/mol.